The maximum Gasteiger partial charge on any atom is 0.306 e. The first-order chi connectivity index (χ1) is 16.7. The van der Waals surface area contributed by atoms with Crippen LogP contribution in [-0.2, 0) is 21.6 Å². The molecule has 3 aromatic carbocycles. The third-order valence-corrected chi connectivity index (χ3v) is 6.25. The molecule has 0 aliphatic rings. The van der Waals surface area contributed by atoms with Crippen molar-refractivity contribution < 1.29 is 23.4 Å². The topological polar surface area (TPSA) is 44.8 Å². The summed E-state index contributed by atoms with van der Waals surface area (Å²) >= 11 is 0. The molecule has 3 rings (SSSR count). The van der Waals surface area contributed by atoms with E-state index in [0.29, 0.717) is 24.3 Å². The zero-order chi connectivity index (χ0) is 25.6. The molecule has 0 aliphatic heterocycles. The van der Waals surface area contributed by atoms with Gasteiger partial charge < -0.3 is 14.2 Å². The van der Waals surface area contributed by atoms with Crippen LogP contribution in [0.5, 0.6) is 11.5 Å². The Bertz CT molecular complexity index is 1150. The van der Waals surface area contributed by atoms with E-state index in [0.717, 1.165) is 34.4 Å². The lowest BCUT2D eigenvalue weighted by Crippen LogP contribution is -2.13. The number of carbonyl (C=O) groups excluding carboxylic acids is 1. The van der Waals surface area contributed by atoms with Crippen molar-refractivity contribution in [1.82, 2.24) is 0 Å². The lowest BCUT2D eigenvalue weighted by atomic mass is 9.81. The van der Waals surface area contributed by atoms with Gasteiger partial charge >= 0.3 is 5.97 Å². The van der Waals surface area contributed by atoms with Gasteiger partial charge in [0.1, 0.15) is 23.9 Å². The SMILES string of the molecule is CCC(CC(=O)OC)c1ccc(OCc2ccc(C(C)(C)C)c(-c3cc(OC)ccc3F)c2)cc1. The second-order valence-electron chi connectivity index (χ2n) is 9.72. The molecule has 0 spiro atoms. The van der Waals surface area contributed by atoms with E-state index in [-0.39, 0.29) is 23.1 Å². The highest BCUT2D eigenvalue weighted by Gasteiger charge is 2.21. The van der Waals surface area contributed by atoms with Crippen LogP contribution in [0.2, 0.25) is 0 Å². The number of rotatable bonds is 9. The van der Waals surface area contributed by atoms with Gasteiger partial charge in [-0.25, -0.2) is 4.39 Å². The Balaban J connectivity index is 1.83. The van der Waals surface area contributed by atoms with E-state index in [1.54, 1.807) is 19.2 Å². The van der Waals surface area contributed by atoms with Crippen LogP contribution in [0.3, 0.4) is 0 Å². The van der Waals surface area contributed by atoms with Gasteiger partial charge in [-0.05, 0) is 76.4 Å². The molecule has 0 aromatic heterocycles. The molecule has 0 fully saturated rings. The van der Waals surface area contributed by atoms with Crippen LogP contribution in [0, 0.1) is 5.82 Å². The largest absolute Gasteiger partial charge is 0.497 e. The van der Waals surface area contributed by atoms with Crippen LogP contribution < -0.4 is 9.47 Å². The number of hydrogen-bond donors (Lipinski definition) is 0. The third kappa shape index (κ3) is 6.62. The minimum Gasteiger partial charge on any atom is -0.497 e. The Labute approximate surface area is 208 Å². The van der Waals surface area contributed by atoms with Crippen molar-refractivity contribution in [3.05, 3.63) is 83.2 Å². The highest BCUT2D eigenvalue weighted by Crippen LogP contribution is 2.37. The number of esters is 1. The first-order valence-electron chi connectivity index (χ1n) is 11.9. The van der Waals surface area contributed by atoms with E-state index in [2.05, 4.69) is 33.8 Å². The fourth-order valence-electron chi connectivity index (χ4n) is 4.18. The standard InChI is InChI=1S/C30H35FO4/c1-7-21(17-29(32)34-6)22-9-11-23(12-10-22)35-19-20-8-14-27(30(2,3)4)25(16-20)26-18-24(33-5)13-15-28(26)31/h8-16,18,21H,7,17,19H2,1-6H3. The molecule has 3 aromatic rings. The second-order valence-corrected chi connectivity index (χ2v) is 9.72. The molecule has 0 radical (unpaired) electrons. The molecule has 0 saturated heterocycles. The summed E-state index contributed by atoms with van der Waals surface area (Å²) in [5, 5.41) is 0. The Morgan fingerprint density at radius 2 is 1.60 bits per heavy atom. The molecular formula is C30H35FO4. The van der Waals surface area contributed by atoms with E-state index in [1.807, 2.05) is 36.4 Å². The quantitative estimate of drug-likeness (QED) is 0.300. The summed E-state index contributed by atoms with van der Waals surface area (Å²) in [6, 6.07) is 18.7. The van der Waals surface area contributed by atoms with Gasteiger partial charge in [0.2, 0.25) is 0 Å². The summed E-state index contributed by atoms with van der Waals surface area (Å²) in [6.45, 7) is 8.76. The Kier molecular flexibility index (Phi) is 8.55. The maximum absolute atomic E-state index is 14.9. The summed E-state index contributed by atoms with van der Waals surface area (Å²) in [5.41, 5.74) is 4.25. The fourth-order valence-corrected chi connectivity index (χ4v) is 4.18. The van der Waals surface area contributed by atoms with Crippen molar-refractivity contribution >= 4 is 5.97 Å². The van der Waals surface area contributed by atoms with Gasteiger partial charge in [-0.15, -0.1) is 0 Å². The van der Waals surface area contributed by atoms with Gasteiger partial charge in [-0.2, -0.15) is 0 Å². The number of ether oxygens (including phenoxy) is 3. The zero-order valence-corrected chi connectivity index (χ0v) is 21.5. The number of hydrogen-bond acceptors (Lipinski definition) is 4. The highest BCUT2D eigenvalue weighted by atomic mass is 19.1. The van der Waals surface area contributed by atoms with Crippen molar-refractivity contribution in [2.24, 2.45) is 0 Å². The summed E-state index contributed by atoms with van der Waals surface area (Å²) in [5.74, 6) is 0.958. The molecule has 5 heteroatoms. The first kappa shape index (κ1) is 26.3. The van der Waals surface area contributed by atoms with Crippen molar-refractivity contribution in [3.8, 4) is 22.6 Å². The van der Waals surface area contributed by atoms with Crippen LogP contribution in [-0.4, -0.2) is 20.2 Å². The van der Waals surface area contributed by atoms with Crippen molar-refractivity contribution in [2.45, 2.75) is 58.5 Å². The zero-order valence-electron chi connectivity index (χ0n) is 21.5. The summed E-state index contributed by atoms with van der Waals surface area (Å²) in [6.07, 6.45) is 1.20. The molecule has 0 bridgehead atoms. The molecule has 0 heterocycles. The lowest BCUT2D eigenvalue weighted by Gasteiger charge is -2.24. The summed E-state index contributed by atoms with van der Waals surface area (Å²) < 4.78 is 31.1. The minimum atomic E-state index is -0.289. The van der Waals surface area contributed by atoms with E-state index in [1.165, 1.54) is 13.2 Å². The summed E-state index contributed by atoms with van der Waals surface area (Å²) in [4.78, 5) is 11.7. The molecule has 0 saturated carbocycles. The van der Waals surface area contributed by atoms with Gasteiger partial charge in [-0.3, -0.25) is 4.79 Å². The van der Waals surface area contributed by atoms with Crippen molar-refractivity contribution in [2.75, 3.05) is 14.2 Å². The summed E-state index contributed by atoms with van der Waals surface area (Å²) in [7, 11) is 2.99. The molecule has 186 valence electrons. The van der Waals surface area contributed by atoms with E-state index < -0.39 is 0 Å². The fraction of sp³-hybridized carbons (Fsp3) is 0.367. The van der Waals surface area contributed by atoms with E-state index in [4.69, 9.17) is 14.2 Å². The van der Waals surface area contributed by atoms with Crippen LogP contribution >= 0.6 is 0 Å². The maximum atomic E-state index is 14.9. The highest BCUT2D eigenvalue weighted by molar-refractivity contribution is 5.72. The monoisotopic (exact) mass is 478 g/mol. The van der Waals surface area contributed by atoms with Crippen LogP contribution in [0.25, 0.3) is 11.1 Å². The predicted octanol–water partition coefficient (Wildman–Crippen LogP) is 7.43. The van der Waals surface area contributed by atoms with E-state index >= 15 is 0 Å². The van der Waals surface area contributed by atoms with Gasteiger partial charge in [0.05, 0.1) is 20.6 Å². The molecule has 0 amide bonds. The van der Waals surface area contributed by atoms with E-state index in [9.17, 15) is 9.18 Å². The number of halogens is 1. The molecular weight excluding hydrogens is 443 g/mol. The van der Waals surface area contributed by atoms with Crippen molar-refractivity contribution in [1.29, 1.82) is 0 Å². The second kappa shape index (κ2) is 11.4. The molecule has 1 atom stereocenters. The van der Waals surface area contributed by atoms with Gasteiger partial charge in [0.25, 0.3) is 0 Å². The van der Waals surface area contributed by atoms with Gasteiger partial charge in [0, 0.05) is 5.56 Å². The van der Waals surface area contributed by atoms with Gasteiger partial charge in [0.15, 0.2) is 0 Å². The van der Waals surface area contributed by atoms with Crippen LogP contribution in [0.1, 0.15) is 63.1 Å². The van der Waals surface area contributed by atoms with Crippen LogP contribution in [0.15, 0.2) is 60.7 Å². The molecule has 1 unspecified atom stereocenters. The molecule has 4 nitrogen and oxygen atoms in total. The Hall–Kier alpha value is -3.34. The number of carbonyl (C=O) groups is 1. The lowest BCUT2D eigenvalue weighted by molar-refractivity contribution is -0.141. The molecule has 0 N–H and O–H groups in total. The average molecular weight is 479 g/mol. The number of benzene rings is 3. The van der Waals surface area contributed by atoms with Crippen molar-refractivity contribution in [3.63, 3.8) is 0 Å². The average Bonchev–Trinajstić information content (AvgIpc) is 2.85. The predicted molar refractivity (Wildman–Crippen MR) is 138 cm³/mol. The minimum absolute atomic E-state index is 0.113. The third-order valence-electron chi connectivity index (χ3n) is 6.25. The van der Waals surface area contributed by atoms with Crippen LogP contribution in [0.4, 0.5) is 4.39 Å². The number of methoxy groups -OCH3 is 2. The Morgan fingerprint density at radius 3 is 2.20 bits per heavy atom. The molecule has 0 aliphatic carbocycles. The van der Waals surface area contributed by atoms with Gasteiger partial charge in [-0.1, -0.05) is 52.0 Å². The Morgan fingerprint density at radius 1 is 0.914 bits per heavy atom. The molecule has 35 heavy (non-hydrogen) atoms. The smallest absolute Gasteiger partial charge is 0.306 e. The first-order valence-corrected chi connectivity index (χ1v) is 11.9. The normalized spacial score (nSPS) is 12.2.